The third-order valence-electron chi connectivity index (χ3n) is 4.75. The summed E-state index contributed by atoms with van der Waals surface area (Å²) in [6.45, 7) is 4.23. The summed E-state index contributed by atoms with van der Waals surface area (Å²) in [5, 5.41) is 0. The summed E-state index contributed by atoms with van der Waals surface area (Å²) < 4.78 is 12.2. The summed E-state index contributed by atoms with van der Waals surface area (Å²) in [5.74, 6) is -1.61. The van der Waals surface area contributed by atoms with Crippen molar-refractivity contribution >= 4 is 12.0 Å². The summed E-state index contributed by atoms with van der Waals surface area (Å²) in [7, 11) is 1.80. The second-order valence-electron chi connectivity index (χ2n) is 6.45. The molecule has 4 heteroatoms. The Balaban J connectivity index is 1.98. The van der Waals surface area contributed by atoms with Gasteiger partial charge in [0.1, 0.15) is 6.10 Å². The summed E-state index contributed by atoms with van der Waals surface area (Å²) in [5.41, 5.74) is 2.01. The van der Waals surface area contributed by atoms with Crippen LogP contribution < -0.4 is 0 Å². The van der Waals surface area contributed by atoms with Crippen molar-refractivity contribution in [1.82, 2.24) is 4.90 Å². The molecule has 1 saturated heterocycles. The summed E-state index contributed by atoms with van der Waals surface area (Å²) in [6.07, 6.45) is 3.33. The Morgan fingerprint density at radius 2 is 1.73 bits per heavy atom. The van der Waals surface area contributed by atoms with E-state index in [1.54, 1.807) is 18.0 Å². The lowest BCUT2D eigenvalue weighted by Crippen LogP contribution is -2.60. The molecule has 26 heavy (non-hydrogen) atoms. The largest absolute Gasteiger partial charge is 0.339 e. The normalized spacial score (nSPS) is 26.4. The van der Waals surface area contributed by atoms with Gasteiger partial charge < -0.3 is 14.4 Å². The number of hydrogen-bond acceptors (Lipinski definition) is 3. The van der Waals surface area contributed by atoms with E-state index in [-0.39, 0.29) is 18.1 Å². The number of amides is 1. The first-order valence-corrected chi connectivity index (χ1v) is 8.95. The van der Waals surface area contributed by atoms with E-state index in [0.717, 1.165) is 11.1 Å². The van der Waals surface area contributed by atoms with Crippen molar-refractivity contribution in [3.63, 3.8) is 0 Å². The molecule has 2 aromatic rings. The van der Waals surface area contributed by atoms with Gasteiger partial charge in [-0.25, -0.2) is 0 Å². The molecule has 1 aliphatic heterocycles. The minimum absolute atomic E-state index is 0.0939. The molecule has 4 nitrogen and oxygen atoms in total. The van der Waals surface area contributed by atoms with Crippen molar-refractivity contribution in [2.24, 2.45) is 0 Å². The van der Waals surface area contributed by atoms with Gasteiger partial charge in [0.05, 0.1) is 6.04 Å². The van der Waals surface area contributed by atoms with Gasteiger partial charge in [-0.3, -0.25) is 4.79 Å². The van der Waals surface area contributed by atoms with E-state index in [0.29, 0.717) is 6.61 Å². The number of ether oxygens (including phenoxy) is 2. The second-order valence-corrected chi connectivity index (χ2v) is 6.45. The number of hydrogen-bond donors (Lipinski definition) is 0. The fourth-order valence-corrected chi connectivity index (χ4v) is 3.20. The molecule has 1 aliphatic rings. The molecule has 1 amide bonds. The van der Waals surface area contributed by atoms with Crippen molar-refractivity contribution in [2.45, 2.75) is 31.8 Å². The zero-order valence-electron chi connectivity index (χ0n) is 15.5. The fraction of sp³-hybridized carbons (Fsp3) is 0.318. The quantitative estimate of drug-likeness (QED) is 0.816. The first kappa shape index (κ1) is 18.4. The minimum Gasteiger partial charge on any atom is -0.339 e. The molecule has 1 fully saturated rings. The average molecular weight is 351 g/mol. The van der Waals surface area contributed by atoms with Crippen LogP contribution in [0, 0.1) is 0 Å². The lowest BCUT2D eigenvalue weighted by Gasteiger charge is -2.46. The number of nitrogens with zero attached hydrogens (tertiary/aromatic N) is 1. The number of carbonyl (C=O) groups is 1. The Morgan fingerprint density at radius 1 is 1.12 bits per heavy atom. The highest BCUT2D eigenvalue weighted by atomic mass is 16.7. The van der Waals surface area contributed by atoms with Crippen molar-refractivity contribution in [2.75, 3.05) is 13.7 Å². The van der Waals surface area contributed by atoms with Gasteiger partial charge >= 0.3 is 0 Å². The number of carbonyl (C=O) groups excluding carboxylic acids is 1. The second kappa shape index (κ2) is 7.85. The summed E-state index contributed by atoms with van der Waals surface area (Å²) >= 11 is 0. The van der Waals surface area contributed by atoms with Crippen LogP contribution in [0.3, 0.4) is 0 Å². The van der Waals surface area contributed by atoms with Crippen LogP contribution in [-0.2, 0) is 14.3 Å². The SMILES string of the molecule is CCO[C@@]1(/C=C/c2ccccc2)O[C@H](c2ccccc2)[C@H](C)N(C)C1=O. The standard InChI is InChI=1S/C22H25NO3/c1-4-25-22(16-15-18-11-7-5-8-12-18)21(24)23(3)17(2)20(26-22)19-13-9-6-10-14-19/h5-17,20H,4H2,1-3H3/b16-15+/t17-,20-,22-/m0/s1. The Bertz CT molecular complexity index is 759. The molecule has 136 valence electrons. The molecular weight excluding hydrogens is 326 g/mol. The van der Waals surface area contributed by atoms with Crippen molar-refractivity contribution in [1.29, 1.82) is 0 Å². The molecule has 0 bridgehead atoms. The molecule has 0 unspecified atom stereocenters. The van der Waals surface area contributed by atoms with Crippen LogP contribution in [0.5, 0.6) is 0 Å². The maximum Gasteiger partial charge on any atom is 0.287 e. The fourth-order valence-electron chi connectivity index (χ4n) is 3.20. The van der Waals surface area contributed by atoms with E-state index in [1.165, 1.54) is 0 Å². The molecule has 0 N–H and O–H groups in total. The van der Waals surface area contributed by atoms with Gasteiger partial charge in [0, 0.05) is 13.7 Å². The first-order chi connectivity index (χ1) is 12.6. The van der Waals surface area contributed by atoms with Gasteiger partial charge in [0.2, 0.25) is 0 Å². The monoisotopic (exact) mass is 351 g/mol. The van der Waals surface area contributed by atoms with Crippen LogP contribution in [0.15, 0.2) is 66.7 Å². The smallest absolute Gasteiger partial charge is 0.287 e. The minimum atomic E-state index is -1.42. The molecule has 0 radical (unpaired) electrons. The van der Waals surface area contributed by atoms with Crippen LogP contribution in [0.2, 0.25) is 0 Å². The topological polar surface area (TPSA) is 38.8 Å². The number of rotatable bonds is 5. The molecule has 0 aromatic heterocycles. The number of benzene rings is 2. The highest BCUT2D eigenvalue weighted by Gasteiger charge is 2.50. The van der Waals surface area contributed by atoms with Gasteiger partial charge in [0.15, 0.2) is 0 Å². The van der Waals surface area contributed by atoms with E-state index < -0.39 is 5.79 Å². The molecule has 3 rings (SSSR count). The van der Waals surface area contributed by atoms with Crippen LogP contribution in [0.1, 0.15) is 31.1 Å². The molecule has 0 spiro atoms. The molecule has 0 saturated carbocycles. The van der Waals surface area contributed by atoms with E-state index in [9.17, 15) is 4.79 Å². The molecule has 2 aromatic carbocycles. The van der Waals surface area contributed by atoms with E-state index in [4.69, 9.17) is 9.47 Å². The highest BCUT2D eigenvalue weighted by Crippen LogP contribution is 2.37. The first-order valence-electron chi connectivity index (χ1n) is 8.95. The molecule has 3 atom stereocenters. The van der Waals surface area contributed by atoms with Crippen LogP contribution in [0.25, 0.3) is 6.08 Å². The number of likely N-dealkylation sites (N-methyl/N-ethyl adjacent to an activating group) is 1. The van der Waals surface area contributed by atoms with Gasteiger partial charge in [-0.2, -0.15) is 0 Å². The summed E-state index contributed by atoms with van der Waals surface area (Å²) in [4.78, 5) is 14.8. The maximum absolute atomic E-state index is 13.1. The van der Waals surface area contributed by atoms with Crippen LogP contribution >= 0.6 is 0 Å². The Hall–Kier alpha value is -2.43. The van der Waals surface area contributed by atoms with Gasteiger partial charge in [0.25, 0.3) is 11.7 Å². The van der Waals surface area contributed by atoms with Crippen molar-refractivity contribution in [3.05, 3.63) is 77.9 Å². The molecular formula is C22H25NO3. The lowest BCUT2D eigenvalue weighted by atomic mass is 9.97. The van der Waals surface area contributed by atoms with E-state index in [2.05, 4.69) is 0 Å². The third-order valence-corrected chi connectivity index (χ3v) is 4.75. The average Bonchev–Trinajstić information content (AvgIpc) is 2.69. The molecule has 1 heterocycles. The van der Waals surface area contributed by atoms with Crippen LogP contribution in [0.4, 0.5) is 0 Å². The predicted molar refractivity (Wildman–Crippen MR) is 102 cm³/mol. The zero-order chi connectivity index (χ0) is 18.6. The summed E-state index contributed by atoms with van der Waals surface area (Å²) in [6, 6.07) is 19.7. The van der Waals surface area contributed by atoms with Crippen molar-refractivity contribution < 1.29 is 14.3 Å². The molecule has 0 aliphatic carbocycles. The third kappa shape index (κ3) is 3.57. The Morgan fingerprint density at radius 3 is 2.35 bits per heavy atom. The van der Waals surface area contributed by atoms with Gasteiger partial charge in [-0.15, -0.1) is 0 Å². The maximum atomic E-state index is 13.1. The van der Waals surface area contributed by atoms with Gasteiger partial charge in [-0.1, -0.05) is 66.7 Å². The van der Waals surface area contributed by atoms with Crippen molar-refractivity contribution in [3.8, 4) is 0 Å². The Kier molecular flexibility index (Phi) is 5.55. The predicted octanol–water partition coefficient (Wildman–Crippen LogP) is 4.05. The van der Waals surface area contributed by atoms with E-state index >= 15 is 0 Å². The number of morpholine rings is 1. The van der Waals surface area contributed by atoms with E-state index in [1.807, 2.05) is 80.6 Å². The zero-order valence-corrected chi connectivity index (χ0v) is 15.5. The van der Waals surface area contributed by atoms with Gasteiger partial charge in [-0.05, 0) is 31.1 Å². The lowest BCUT2D eigenvalue weighted by molar-refractivity contribution is -0.259. The van der Waals surface area contributed by atoms with Crippen LogP contribution in [-0.4, -0.2) is 36.3 Å². The highest BCUT2D eigenvalue weighted by molar-refractivity contribution is 5.88. The Labute approximate surface area is 155 Å².